The maximum absolute atomic E-state index is 12.0. The number of amides is 1. The van der Waals surface area contributed by atoms with Crippen LogP contribution in [-0.2, 0) is 4.79 Å². The molecule has 5 nitrogen and oxygen atoms in total. The summed E-state index contributed by atoms with van der Waals surface area (Å²) >= 11 is 0. The van der Waals surface area contributed by atoms with E-state index >= 15 is 0 Å². The van der Waals surface area contributed by atoms with Crippen molar-refractivity contribution in [2.45, 2.75) is 32.7 Å². The van der Waals surface area contributed by atoms with Crippen LogP contribution in [0.3, 0.4) is 0 Å². The molecule has 5 heteroatoms. The molecule has 0 spiro atoms. The second-order valence-corrected chi connectivity index (χ2v) is 4.78. The van der Waals surface area contributed by atoms with E-state index in [2.05, 4.69) is 15.3 Å². The summed E-state index contributed by atoms with van der Waals surface area (Å²) in [5.41, 5.74) is 1.93. The summed E-state index contributed by atoms with van der Waals surface area (Å²) in [7, 11) is 1.79. The first-order valence-electron chi connectivity index (χ1n) is 6.38. The van der Waals surface area contributed by atoms with E-state index in [1.807, 2.05) is 24.8 Å². The van der Waals surface area contributed by atoms with Crippen molar-refractivity contribution in [3.63, 3.8) is 0 Å². The van der Waals surface area contributed by atoms with E-state index in [0.717, 1.165) is 36.6 Å². The number of rotatable bonds is 3. The van der Waals surface area contributed by atoms with Gasteiger partial charge in [-0.05, 0) is 39.8 Å². The Balaban J connectivity index is 2.23. The van der Waals surface area contributed by atoms with E-state index in [0.29, 0.717) is 6.54 Å². The van der Waals surface area contributed by atoms with Crippen LogP contribution < -0.4 is 5.32 Å². The second kappa shape index (κ2) is 5.44. The minimum Gasteiger partial charge on any atom is -0.331 e. The zero-order chi connectivity index (χ0) is 13.1. The van der Waals surface area contributed by atoms with Crippen LogP contribution in [0.4, 0.5) is 0 Å². The predicted octanol–water partition coefficient (Wildman–Crippen LogP) is 0.976. The monoisotopic (exact) mass is 248 g/mol. The van der Waals surface area contributed by atoms with E-state index in [9.17, 15) is 4.79 Å². The average Bonchev–Trinajstić information content (AvgIpc) is 2.76. The molecular formula is C13H20N4O. The molecule has 1 aliphatic heterocycles. The minimum atomic E-state index is 0.0458. The van der Waals surface area contributed by atoms with Gasteiger partial charge in [0.1, 0.15) is 0 Å². The van der Waals surface area contributed by atoms with Crippen LogP contribution in [0.2, 0.25) is 0 Å². The van der Waals surface area contributed by atoms with Gasteiger partial charge in [0.05, 0.1) is 12.6 Å². The van der Waals surface area contributed by atoms with Gasteiger partial charge >= 0.3 is 0 Å². The van der Waals surface area contributed by atoms with Crippen LogP contribution in [0, 0.1) is 13.8 Å². The third-order valence-corrected chi connectivity index (χ3v) is 3.20. The van der Waals surface area contributed by atoms with Crippen molar-refractivity contribution >= 4 is 5.91 Å². The molecule has 1 aromatic heterocycles. The molecule has 1 N–H and O–H groups in total. The number of likely N-dealkylation sites (N-methyl/N-ethyl adjacent to an activating group) is 1. The standard InChI is InChI=1S/C13H20N4O/c1-9-7-10(2)16-13(15-9)11-5-4-6-17(11)12(18)8-14-3/h7,11,14H,4-6,8H2,1-3H3/t11-/m1/s1. The molecule has 1 amide bonds. The van der Waals surface area contributed by atoms with Crippen molar-refractivity contribution in [3.8, 4) is 0 Å². The lowest BCUT2D eigenvalue weighted by molar-refractivity contribution is -0.131. The average molecular weight is 248 g/mol. The molecule has 18 heavy (non-hydrogen) atoms. The molecule has 1 atom stereocenters. The molecule has 1 saturated heterocycles. The fourth-order valence-electron chi connectivity index (χ4n) is 2.49. The number of aromatic nitrogens is 2. The molecule has 98 valence electrons. The lowest BCUT2D eigenvalue weighted by Crippen LogP contribution is -2.37. The van der Waals surface area contributed by atoms with E-state index in [4.69, 9.17) is 0 Å². The lowest BCUT2D eigenvalue weighted by Gasteiger charge is -2.24. The van der Waals surface area contributed by atoms with Gasteiger partial charge in [-0.25, -0.2) is 9.97 Å². The van der Waals surface area contributed by atoms with E-state index < -0.39 is 0 Å². The van der Waals surface area contributed by atoms with Crippen LogP contribution in [0.5, 0.6) is 0 Å². The fraction of sp³-hybridized carbons (Fsp3) is 0.615. The van der Waals surface area contributed by atoms with Crippen molar-refractivity contribution in [2.75, 3.05) is 20.1 Å². The normalized spacial score (nSPS) is 19.3. The molecular weight excluding hydrogens is 228 g/mol. The van der Waals surface area contributed by atoms with Gasteiger partial charge in [0.25, 0.3) is 0 Å². The quantitative estimate of drug-likeness (QED) is 0.866. The Morgan fingerprint density at radius 2 is 2.11 bits per heavy atom. The number of aryl methyl sites for hydroxylation is 2. The number of carbonyl (C=O) groups is 1. The molecule has 0 saturated carbocycles. The number of hydrogen-bond donors (Lipinski definition) is 1. The number of carbonyl (C=O) groups excluding carboxylic acids is 1. The SMILES string of the molecule is CNCC(=O)N1CCC[C@@H]1c1nc(C)cc(C)n1. The summed E-state index contributed by atoms with van der Waals surface area (Å²) in [6, 6.07) is 2.00. The minimum absolute atomic E-state index is 0.0458. The summed E-state index contributed by atoms with van der Waals surface area (Å²) < 4.78 is 0. The Morgan fingerprint density at radius 1 is 1.44 bits per heavy atom. The lowest BCUT2D eigenvalue weighted by atomic mass is 10.2. The number of nitrogens with one attached hydrogen (secondary N) is 1. The highest BCUT2D eigenvalue weighted by molar-refractivity contribution is 5.78. The molecule has 0 radical (unpaired) electrons. The third kappa shape index (κ3) is 2.67. The second-order valence-electron chi connectivity index (χ2n) is 4.78. The summed E-state index contributed by atoms with van der Waals surface area (Å²) in [5, 5.41) is 2.91. The molecule has 1 fully saturated rings. The van der Waals surface area contributed by atoms with Gasteiger partial charge in [-0.3, -0.25) is 4.79 Å². The third-order valence-electron chi connectivity index (χ3n) is 3.20. The number of hydrogen-bond acceptors (Lipinski definition) is 4. The van der Waals surface area contributed by atoms with Gasteiger partial charge in [0, 0.05) is 17.9 Å². The van der Waals surface area contributed by atoms with E-state index in [1.165, 1.54) is 0 Å². The van der Waals surface area contributed by atoms with Crippen LogP contribution >= 0.6 is 0 Å². The van der Waals surface area contributed by atoms with Gasteiger partial charge in [0.2, 0.25) is 5.91 Å². The van der Waals surface area contributed by atoms with Gasteiger partial charge in [-0.1, -0.05) is 0 Å². The largest absolute Gasteiger partial charge is 0.331 e. The molecule has 0 bridgehead atoms. The van der Waals surface area contributed by atoms with Crippen molar-refractivity contribution in [2.24, 2.45) is 0 Å². The molecule has 2 rings (SSSR count). The molecule has 2 heterocycles. The van der Waals surface area contributed by atoms with Crippen molar-refractivity contribution in [3.05, 3.63) is 23.3 Å². The van der Waals surface area contributed by atoms with Crippen LogP contribution in [0.25, 0.3) is 0 Å². The predicted molar refractivity (Wildman–Crippen MR) is 69.1 cm³/mol. The summed E-state index contributed by atoms with van der Waals surface area (Å²) in [6.07, 6.45) is 1.98. The highest BCUT2D eigenvalue weighted by atomic mass is 16.2. The highest BCUT2D eigenvalue weighted by Gasteiger charge is 2.31. The first-order valence-corrected chi connectivity index (χ1v) is 6.38. The topological polar surface area (TPSA) is 58.1 Å². The van der Waals surface area contributed by atoms with Crippen molar-refractivity contribution in [1.82, 2.24) is 20.2 Å². The molecule has 0 aliphatic carbocycles. The maximum Gasteiger partial charge on any atom is 0.237 e. The van der Waals surface area contributed by atoms with Gasteiger partial charge in [-0.15, -0.1) is 0 Å². The van der Waals surface area contributed by atoms with E-state index in [1.54, 1.807) is 7.05 Å². The van der Waals surface area contributed by atoms with Crippen LogP contribution in [-0.4, -0.2) is 40.9 Å². The number of nitrogens with zero attached hydrogens (tertiary/aromatic N) is 3. The fourth-order valence-corrected chi connectivity index (χ4v) is 2.49. The van der Waals surface area contributed by atoms with Crippen LogP contribution in [0.1, 0.15) is 36.1 Å². The van der Waals surface area contributed by atoms with Gasteiger partial charge in [0.15, 0.2) is 5.82 Å². The Bertz CT molecular complexity index is 426. The van der Waals surface area contributed by atoms with Gasteiger partial charge < -0.3 is 10.2 Å². The van der Waals surface area contributed by atoms with Crippen LogP contribution in [0.15, 0.2) is 6.07 Å². The summed E-state index contributed by atoms with van der Waals surface area (Å²) in [5.74, 6) is 0.914. The Hall–Kier alpha value is -1.49. The van der Waals surface area contributed by atoms with Crippen molar-refractivity contribution < 1.29 is 4.79 Å². The van der Waals surface area contributed by atoms with Crippen molar-refractivity contribution in [1.29, 1.82) is 0 Å². The van der Waals surface area contributed by atoms with Gasteiger partial charge in [-0.2, -0.15) is 0 Å². The smallest absolute Gasteiger partial charge is 0.237 e. The maximum atomic E-state index is 12.0. The van der Waals surface area contributed by atoms with E-state index in [-0.39, 0.29) is 11.9 Å². The Labute approximate surface area is 108 Å². The molecule has 1 aromatic rings. The summed E-state index contributed by atoms with van der Waals surface area (Å²) in [4.78, 5) is 22.9. The Morgan fingerprint density at radius 3 is 2.72 bits per heavy atom. The zero-order valence-electron chi connectivity index (χ0n) is 11.2. The Kier molecular flexibility index (Phi) is 3.91. The molecule has 1 aliphatic rings. The highest BCUT2D eigenvalue weighted by Crippen LogP contribution is 2.29. The molecule has 0 aromatic carbocycles. The first kappa shape index (κ1) is 13.0. The number of likely N-dealkylation sites (tertiary alicyclic amines) is 1. The summed E-state index contributed by atoms with van der Waals surface area (Å²) in [6.45, 7) is 5.11. The molecule has 0 unspecified atom stereocenters. The zero-order valence-corrected chi connectivity index (χ0v) is 11.2. The first-order chi connectivity index (χ1) is 8.61.